The van der Waals surface area contributed by atoms with Gasteiger partial charge in [0.15, 0.2) is 17.8 Å². The molecule has 0 aromatic rings. The van der Waals surface area contributed by atoms with E-state index in [0.717, 1.165) is 38.2 Å². The summed E-state index contributed by atoms with van der Waals surface area (Å²) in [5.41, 5.74) is 0. The molecule has 40 heavy (non-hydrogen) atoms. The lowest BCUT2D eigenvalue weighted by molar-refractivity contribution is -0.133. The van der Waals surface area contributed by atoms with E-state index in [1.165, 1.54) is 0 Å². The van der Waals surface area contributed by atoms with Crippen LogP contribution in [0.2, 0.25) is 0 Å². The summed E-state index contributed by atoms with van der Waals surface area (Å²) in [7, 11) is 0. The van der Waals surface area contributed by atoms with E-state index in [4.69, 9.17) is 18.9 Å². The van der Waals surface area contributed by atoms with Crippen LogP contribution in [0.4, 0.5) is 0 Å². The summed E-state index contributed by atoms with van der Waals surface area (Å²) in [5.74, 6) is 2.73. The molecular formula is C27H41N5O6S2. The molecule has 9 unspecified atom stereocenters. The maximum Gasteiger partial charge on any atom is 0.220 e. The van der Waals surface area contributed by atoms with Crippen LogP contribution in [0, 0.1) is 17.8 Å². The van der Waals surface area contributed by atoms with Crippen molar-refractivity contribution < 1.29 is 28.5 Å². The Morgan fingerprint density at radius 2 is 2.05 bits per heavy atom. The van der Waals surface area contributed by atoms with Gasteiger partial charge in [-0.25, -0.2) is 0 Å². The first-order valence-electron chi connectivity index (χ1n) is 14.8. The van der Waals surface area contributed by atoms with Crippen molar-refractivity contribution in [1.29, 1.82) is 0 Å². The summed E-state index contributed by atoms with van der Waals surface area (Å²) < 4.78 is 28.2. The quantitative estimate of drug-likeness (QED) is 0.297. The van der Waals surface area contributed by atoms with Crippen LogP contribution in [0.1, 0.15) is 26.2 Å². The molecule has 0 spiro atoms. The monoisotopic (exact) mass is 595 g/mol. The predicted octanol–water partition coefficient (Wildman–Crippen LogP) is 0.0295. The zero-order valence-corrected chi connectivity index (χ0v) is 24.6. The normalized spacial score (nSPS) is 44.1. The van der Waals surface area contributed by atoms with Gasteiger partial charge in [-0.3, -0.25) is 14.3 Å². The Morgan fingerprint density at radius 1 is 1.18 bits per heavy atom. The van der Waals surface area contributed by atoms with Crippen molar-refractivity contribution in [2.45, 2.75) is 73.4 Å². The summed E-state index contributed by atoms with van der Waals surface area (Å²) in [6.45, 7) is 6.98. The predicted molar refractivity (Wildman–Crippen MR) is 151 cm³/mol. The Balaban J connectivity index is 0.951. The van der Waals surface area contributed by atoms with Gasteiger partial charge in [0, 0.05) is 74.3 Å². The molecule has 222 valence electrons. The second-order valence-electron chi connectivity index (χ2n) is 12.1. The maximum absolute atomic E-state index is 12.9. The first-order chi connectivity index (χ1) is 19.5. The van der Waals surface area contributed by atoms with Gasteiger partial charge in [-0.15, -0.1) is 11.8 Å². The summed E-state index contributed by atoms with van der Waals surface area (Å²) in [6.07, 6.45) is 3.68. The minimum atomic E-state index is -0.518. The number of ketones is 1. The fourth-order valence-corrected chi connectivity index (χ4v) is 9.93. The van der Waals surface area contributed by atoms with Crippen LogP contribution in [0.15, 0.2) is 12.0 Å². The maximum atomic E-state index is 12.9. The first-order valence-corrected chi connectivity index (χ1v) is 16.8. The van der Waals surface area contributed by atoms with Crippen molar-refractivity contribution in [3.05, 3.63) is 12.0 Å². The van der Waals surface area contributed by atoms with Gasteiger partial charge in [-0.05, 0) is 19.8 Å². The van der Waals surface area contributed by atoms with Gasteiger partial charge in [0.05, 0.1) is 42.8 Å². The number of hydrogen-bond donors (Lipinski definition) is 4. The second-order valence-corrected chi connectivity index (χ2v) is 14.3. The van der Waals surface area contributed by atoms with E-state index >= 15 is 0 Å². The van der Waals surface area contributed by atoms with Crippen LogP contribution in [0.3, 0.4) is 0 Å². The fraction of sp³-hybridized carbons (Fsp3) is 0.852. The molecule has 0 aromatic heterocycles. The second kappa shape index (κ2) is 11.9. The van der Waals surface area contributed by atoms with E-state index < -0.39 is 6.10 Å². The molecule has 4 N–H and O–H groups in total. The van der Waals surface area contributed by atoms with Crippen molar-refractivity contribution in [3.63, 3.8) is 0 Å². The highest BCUT2D eigenvalue weighted by atomic mass is 32.2. The Labute approximate surface area is 244 Å². The molecule has 11 nitrogen and oxygen atoms in total. The number of rotatable bonds is 7. The summed E-state index contributed by atoms with van der Waals surface area (Å²) in [6, 6.07) is 0.782. The lowest BCUT2D eigenvalue weighted by atomic mass is 9.80. The summed E-state index contributed by atoms with van der Waals surface area (Å²) >= 11 is 3.71. The van der Waals surface area contributed by atoms with Crippen molar-refractivity contribution >= 4 is 35.4 Å². The molecule has 11 atom stereocenters. The highest BCUT2D eigenvalue weighted by Crippen LogP contribution is 2.41. The molecule has 1 aliphatic carbocycles. The molecule has 7 rings (SSSR count). The lowest BCUT2D eigenvalue weighted by Crippen LogP contribution is -2.52. The molecular weight excluding hydrogens is 554 g/mol. The molecule has 6 heterocycles. The Bertz CT molecular complexity index is 1000. The third-order valence-corrected chi connectivity index (χ3v) is 12.0. The topological polar surface area (TPSA) is 122 Å². The standard InChI is InChI=1S/C27H41N5O6S2/c1-14(15-6-22(34)28-10-15)37-21-8-16(7-19-18(21)13-39-31-19)30-23-11-29-27(40-23)17-12-36-26-20(33)9-24(38-25(17)26)32-2-4-35-5-3-32/h9,14-19,21,23,25-27,29-31H,2-8,10-13H2,1H3,(H,28,34)/t14-,15-,16?,17?,18?,19?,21?,23?,25?,26?,27?/m0/s1. The van der Waals surface area contributed by atoms with E-state index in [-0.39, 0.29) is 52.6 Å². The molecule has 1 saturated carbocycles. The molecule has 7 aliphatic rings. The third kappa shape index (κ3) is 5.64. The SMILES string of the molecule is C[C@H](OC1CC(NC2CNC(C3COC4C(=O)C=C(N5CCOCC5)OC43)S2)CC2NSCC21)[C@@H]1CNC(=O)C1. The molecule has 0 aromatic carbocycles. The van der Waals surface area contributed by atoms with Gasteiger partial charge in [0.25, 0.3) is 0 Å². The number of fused-ring (bicyclic) bond motifs is 2. The van der Waals surface area contributed by atoms with Gasteiger partial charge in [0.2, 0.25) is 5.91 Å². The van der Waals surface area contributed by atoms with Crippen LogP contribution >= 0.6 is 23.7 Å². The molecule has 0 radical (unpaired) electrons. The van der Waals surface area contributed by atoms with E-state index in [1.807, 2.05) is 23.7 Å². The number of ether oxygens (including phenoxy) is 4. The van der Waals surface area contributed by atoms with Crippen molar-refractivity contribution in [2.75, 3.05) is 51.8 Å². The van der Waals surface area contributed by atoms with Gasteiger partial charge < -0.3 is 39.8 Å². The number of hydrogen-bond acceptors (Lipinski definition) is 12. The average Bonchev–Trinajstić information content (AvgIpc) is 3.76. The largest absolute Gasteiger partial charge is 0.472 e. The van der Waals surface area contributed by atoms with E-state index in [2.05, 4.69) is 32.5 Å². The van der Waals surface area contributed by atoms with Crippen LogP contribution in [0.5, 0.6) is 0 Å². The average molecular weight is 596 g/mol. The lowest BCUT2D eigenvalue weighted by Gasteiger charge is -2.40. The Hall–Kier alpha value is -1.06. The van der Waals surface area contributed by atoms with Crippen molar-refractivity contribution in [1.82, 2.24) is 25.6 Å². The summed E-state index contributed by atoms with van der Waals surface area (Å²) in [5, 5.41) is 11.0. The van der Waals surface area contributed by atoms with Crippen LogP contribution in [0.25, 0.3) is 0 Å². The van der Waals surface area contributed by atoms with E-state index in [1.54, 1.807) is 6.08 Å². The van der Waals surface area contributed by atoms with Crippen molar-refractivity contribution in [2.24, 2.45) is 17.8 Å². The van der Waals surface area contributed by atoms with Gasteiger partial charge in [0.1, 0.15) is 6.10 Å². The zero-order valence-electron chi connectivity index (χ0n) is 22.9. The highest BCUT2D eigenvalue weighted by molar-refractivity contribution is 8.00. The Kier molecular flexibility index (Phi) is 8.26. The number of thioether (sulfide) groups is 1. The molecule has 1 amide bonds. The molecule has 0 bridgehead atoms. The Morgan fingerprint density at radius 3 is 2.88 bits per heavy atom. The van der Waals surface area contributed by atoms with Gasteiger partial charge >= 0.3 is 0 Å². The number of nitrogens with zero attached hydrogens (tertiary/aromatic N) is 1. The van der Waals surface area contributed by atoms with E-state index in [0.29, 0.717) is 56.7 Å². The zero-order chi connectivity index (χ0) is 27.2. The highest BCUT2D eigenvalue weighted by Gasteiger charge is 2.51. The number of morpholine rings is 1. The van der Waals surface area contributed by atoms with Crippen molar-refractivity contribution in [3.8, 4) is 0 Å². The number of nitrogens with one attached hydrogen (secondary N) is 4. The molecule has 5 saturated heterocycles. The smallest absolute Gasteiger partial charge is 0.220 e. The minimum Gasteiger partial charge on any atom is -0.472 e. The number of carbonyl (C=O) groups excluding carboxylic acids is 2. The van der Waals surface area contributed by atoms with Gasteiger partial charge in [-0.2, -0.15) is 0 Å². The molecule has 6 fully saturated rings. The van der Waals surface area contributed by atoms with E-state index in [9.17, 15) is 9.59 Å². The number of amides is 1. The third-order valence-electron chi connectivity index (χ3n) is 9.56. The summed E-state index contributed by atoms with van der Waals surface area (Å²) in [4.78, 5) is 26.7. The number of carbonyl (C=O) groups is 2. The van der Waals surface area contributed by atoms with Gasteiger partial charge in [-0.1, -0.05) is 11.9 Å². The molecule has 6 aliphatic heterocycles. The van der Waals surface area contributed by atoms with Crippen LogP contribution in [-0.2, 0) is 28.5 Å². The minimum absolute atomic E-state index is 0.00892. The van der Waals surface area contributed by atoms with Crippen LogP contribution in [-0.4, -0.2) is 116 Å². The fourth-order valence-electron chi connectivity index (χ4n) is 7.26. The first kappa shape index (κ1) is 27.8. The molecule has 13 heteroatoms. The van der Waals surface area contributed by atoms with Crippen LogP contribution < -0.4 is 20.7 Å².